The van der Waals surface area contributed by atoms with Gasteiger partial charge in [0.1, 0.15) is 24.1 Å². The van der Waals surface area contributed by atoms with E-state index >= 15 is 0 Å². The number of hydrogen-bond donors (Lipinski definition) is 1. The van der Waals surface area contributed by atoms with Crippen molar-refractivity contribution in [2.24, 2.45) is 0 Å². The van der Waals surface area contributed by atoms with Crippen LogP contribution in [0, 0.1) is 0 Å². The Hall–Kier alpha value is -3.76. The Balaban J connectivity index is 2.09. The van der Waals surface area contributed by atoms with Gasteiger partial charge in [-0.25, -0.2) is 8.42 Å². The zero-order chi connectivity index (χ0) is 29.3. The van der Waals surface area contributed by atoms with Crippen molar-refractivity contribution in [1.29, 1.82) is 0 Å². The van der Waals surface area contributed by atoms with Crippen LogP contribution in [0.15, 0.2) is 72.8 Å². The lowest BCUT2D eigenvalue weighted by atomic mass is 10.0. The Morgan fingerprint density at radius 1 is 0.975 bits per heavy atom. The minimum Gasteiger partial charge on any atom is -0.497 e. The fourth-order valence-corrected chi connectivity index (χ4v) is 5.29. The van der Waals surface area contributed by atoms with Crippen LogP contribution in [0.1, 0.15) is 18.1 Å². The van der Waals surface area contributed by atoms with E-state index in [0.29, 0.717) is 22.9 Å². The molecule has 0 heterocycles. The van der Waals surface area contributed by atoms with E-state index in [0.717, 1.165) is 16.1 Å². The molecule has 3 aromatic carbocycles. The van der Waals surface area contributed by atoms with Gasteiger partial charge in [-0.2, -0.15) is 0 Å². The number of rotatable bonds is 13. The summed E-state index contributed by atoms with van der Waals surface area (Å²) in [5.74, 6) is -0.283. The van der Waals surface area contributed by atoms with Crippen LogP contribution in [0.25, 0.3) is 0 Å². The molecule has 3 rings (SSSR count). The van der Waals surface area contributed by atoms with Gasteiger partial charge < -0.3 is 19.7 Å². The Morgan fingerprint density at radius 2 is 1.65 bits per heavy atom. The molecule has 2 amide bonds. The molecule has 3 aromatic rings. The molecule has 0 aliphatic heterocycles. The first-order valence-corrected chi connectivity index (χ1v) is 14.9. The summed E-state index contributed by atoms with van der Waals surface area (Å²) in [7, 11) is -1.08. The van der Waals surface area contributed by atoms with Crippen LogP contribution in [-0.4, -0.2) is 64.7 Å². The Bertz CT molecular complexity index is 1420. The summed E-state index contributed by atoms with van der Waals surface area (Å²) >= 11 is 6.45. The van der Waals surface area contributed by atoms with Crippen molar-refractivity contribution < 1.29 is 27.5 Å². The summed E-state index contributed by atoms with van der Waals surface area (Å²) in [5.41, 5.74) is 1.62. The first kappa shape index (κ1) is 30.8. The minimum atomic E-state index is -3.96. The van der Waals surface area contributed by atoms with Gasteiger partial charge in [0, 0.05) is 30.6 Å². The third-order valence-corrected chi connectivity index (χ3v) is 7.75. The van der Waals surface area contributed by atoms with Gasteiger partial charge in [0.25, 0.3) is 0 Å². The molecule has 0 bridgehead atoms. The largest absolute Gasteiger partial charge is 0.497 e. The zero-order valence-corrected chi connectivity index (χ0v) is 24.5. The van der Waals surface area contributed by atoms with Gasteiger partial charge in [-0.3, -0.25) is 13.9 Å². The van der Waals surface area contributed by atoms with E-state index in [-0.39, 0.29) is 30.3 Å². The average Bonchev–Trinajstić information content (AvgIpc) is 2.94. The SMILES string of the molecule is CCNC(=O)C(Cc1ccccc1)N(Cc1ccccc1Cl)C(=O)CN(c1ccc(OC)cc1OC)S(C)(=O)=O. The number of ether oxygens (including phenoxy) is 2. The van der Waals surface area contributed by atoms with E-state index in [4.69, 9.17) is 21.1 Å². The second kappa shape index (κ2) is 14.0. The molecule has 1 atom stereocenters. The number of halogens is 1. The van der Waals surface area contributed by atoms with Crippen LogP contribution < -0.4 is 19.1 Å². The molecule has 40 heavy (non-hydrogen) atoms. The molecule has 11 heteroatoms. The lowest BCUT2D eigenvalue weighted by Gasteiger charge is -2.34. The molecule has 214 valence electrons. The number of amides is 2. The highest BCUT2D eigenvalue weighted by Gasteiger charge is 2.34. The van der Waals surface area contributed by atoms with Gasteiger partial charge in [-0.05, 0) is 36.2 Å². The van der Waals surface area contributed by atoms with Crippen molar-refractivity contribution in [3.8, 4) is 11.5 Å². The number of benzene rings is 3. The molecule has 0 aromatic heterocycles. The molecular formula is C29H34ClN3O6S. The van der Waals surface area contributed by atoms with Gasteiger partial charge in [0.05, 0.1) is 26.2 Å². The van der Waals surface area contributed by atoms with Crippen LogP contribution >= 0.6 is 11.6 Å². The number of sulfonamides is 1. The summed E-state index contributed by atoms with van der Waals surface area (Å²) in [6.45, 7) is 1.57. The Labute approximate surface area is 240 Å². The average molecular weight is 588 g/mol. The van der Waals surface area contributed by atoms with Crippen molar-refractivity contribution in [2.45, 2.75) is 25.9 Å². The molecule has 0 saturated heterocycles. The van der Waals surface area contributed by atoms with Crippen LogP contribution in [0.4, 0.5) is 5.69 Å². The van der Waals surface area contributed by atoms with Crippen molar-refractivity contribution in [3.05, 3.63) is 88.9 Å². The summed E-state index contributed by atoms with van der Waals surface area (Å²) in [6, 6.07) is 20.0. The fourth-order valence-electron chi connectivity index (χ4n) is 4.24. The van der Waals surface area contributed by atoms with E-state index in [1.807, 2.05) is 30.3 Å². The predicted octanol–water partition coefficient (Wildman–Crippen LogP) is 3.90. The summed E-state index contributed by atoms with van der Waals surface area (Å²) in [6.07, 6.45) is 1.22. The second-order valence-corrected chi connectivity index (χ2v) is 11.3. The van der Waals surface area contributed by atoms with Crippen LogP contribution in [0.3, 0.4) is 0 Å². The maximum atomic E-state index is 14.1. The molecule has 1 unspecified atom stereocenters. The number of likely N-dealkylation sites (N-methyl/N-ethyl adjacent to an activating group) is 1. The van der Waals surface area contributed by atoms with Crippen molar-refractivity contribution >= 4 is 39.1 Å². The van der Waals surface area contributed by atoms with E-state index in [9.17, 15) is 18.0 Å². The molecule has 0 spiro atoms. The predicted molar refractivity (Wildman–Crippen MR) is 156 cm³/mol. The summed E-state index contributed by atoms with van der Waals surface area (Å²) in [4.78, 5) is 28.9. The summed E-state index contributed by atoms with van der Waals surface area (Å²) < 4.78 is 37.6. The lowest BCUT2D eigenvalue weighted by molar-refractivity contribution is -0.140. The highest BCUT2D eigenvalue weighted by atomic mass is 35.5. The quantitative estimate of drug-likeness (QED) is 0.325. The third kappa shape index (κ3) is 7.89. The molecule has 0 aliphatic rings. The Morgan fingerprint density at radius 3 is 2.25 bits per heavy atom. The molecule has 9 nitrogen and oxygen atoms in total. The molecule has 1 N–H and O–H groups in total. The zero-order valence-electron chi connectivity index (χ0n) is 23.0. The lowest BCUT2D eigenvalue weighted by Crippen LogP contribution is -2.53. The number of anilines is 1. The van der Waals surface area contributed by atoms with E-state index in [1.165, 1.54) is 31.3 Å². The van der Waals surface area contributed by atoms with E-state index in [2.05, 4.69) is 5.32 Å². The van der Waals surface area contributed by atoms with E-state index in [1.54, 1.807) is 37.3 Å². The smallest absolute Gasteiger partial charge is 0.244 e. The van der Waals surface area contributed by atoms with Gasteiger partial charge in [-0.1, -0.05) is 60.1 Å². The topological polar surface area (TPSA) is 105 Å². The molecule has 0 radical (unpaired) electrons. The van der Waals surface area contributed by atoms with Gasteiger partial charge in [0.2, 0.25) is 21.8 Å². The highest BCUT2D eigenvalue weighted by molar-refractivity contribution is 7.92. The number of carbonyl (C=O) groups excluding carboxylic acids is 2. The normalized spacial score (nSPS) is 11.8. The van der Waals surface area contributed by atoms with Crippen molar-refractivity contribution in [2.75, 3.05) is 37.9 Å². The third-order valence-electron chi connectivity index (χ3n) is 6.26. The number of carbonyl (C=O) groups is 2. The van der Waals surface area contributed by atoms with Crippen LogP contribution in [0.5, 0.6) is 11.5 Å². The maximum Gasteiger partial charge on any atom is 0.244 e. The van der Waals surface area contributed by atoms with Gasteiger partial charge in [-0.15, -0.1) is 0 Å². The summed E-state index contributed by atoms with van der Waals surface area (Å²) in [5, 5.41) is 3.24. The highest BCUT2D eigenvalue weighted by Crippen LogP contribution is 2.34. The number of hydrogen-bond acceptors (Lipinski definition) is 6. The molecule has 0 aliphatic carbocycles. The number of nitrogens with one attached hydrogen (secondary N) is 1. The van der Waals surface area contributed by atoms with Crippen LogP contribution in [0.2, 0.25) is 5.02 Å². The fraction of sp³-hybridized carbons (Fsp3) is 0.310. The van der Waals surface area contributed by atoms with E-state index < -0.39 is 28.5 Å². The standard InChI is InChI=1S/C29H34ClN3O6S/c1-5-31-29(35)26(17-21-11-7-6-8-12-21)32(19-22-13-9-10-14-24(22)30)28(34)20-33(40(4,36)37)25-16-15-23(38-2)18-27(25)39-3/h6-16,18,26H,5,17,19-20H2,1-4H3,(H,31,35). The Kier molecular flexibility index (Phi) is 10.8. The van der Waals surface area contributed by atoms with Crippen molar-refractivity contribution in [1.82, 2.24) is 10.2 Å². The number of methoxy groups -OCH3 is 2. The van der Waals surface area contributed by atoms with Gasteiger partial charge >= 0.3 is 0 Å². The van der Waals surface area contributed by atoms with Crippen molar-refractivity contribution in [3.63, 3.8) is 0 Å². The molecular weight excluding hydrogens is 554 g/mol. The minimum absolute atomic E-state index is 0.00943. The molecule has 0 saturated carbocycles. The molecule has 0 fully saturated rings. The maximum absolute atomic E-state index is 14.1. The monoisotopic (exact) mass is 587 g/mol. The number of nitrogens with zero attached hydrogens (tertiary/aromatic N) is 2. The first-order chi connectivity index (χ1) is 19.1. The van der Waals surface area contributed by atoms with Crippen LogP contribution in [-0.2, 0) is 32.6 Å². The first-order valence-electron chi connectivity index (χ1n) is 12.6. The second-order valence-electron chi connectivity index (χ2n) is 9.02. The van der Waals surface area contributed by atoms with Gasteiger partial charge in [0.15, 0.2) is 0 Å².